The molecule has 0 aliphatic carbocycles. The van der Waals surface area contributed by atoms with Crippen molar-refractivity contribution in [3.8, 4) is 0 Å². The van der Waals surface area contributed by atoms with E-state index in [1.54, 1.807) is 6.07 Å². The zero-order valence-electron chi connectivity index (χ0n) is 10.1. The highest BCUT2D eigenvalue weighted by Gasteiger charge is 2.12. The number of amides is 1. The summed E-state index contributed by atoms with van der Waals surface area (Å²) in [5.74, 6) is -0.317. The Balaban J connectivity index is 2.87. The van der Waals surface area contributed by atoms with E-state index in [9.17, 15) is 9.59 Å². The number of hydrogen-bond donors (Lipinski definition) is 2. The lowest BCUT2D eigenvalue weighted by Crippen LogP contribution is -2.30. The molecule has 1 aromatic heterocycles. The van der Waals surface area contributed by atoms with Gasteiger partial charge in [0.1, 0.15) is 5.56 Å². The number of halogens is 1. The average molecular weight is 301 g/mol. The second-order valence-electron chi connectivity index (χ2n) is 3.80. The lowest BCUT2D eigenvalue weighted by Gasteiger charge is -2.06. The van der Waals surface area contributed by atoms with Crippen LogP contribution in [0, 0.1) is 0 Å². The number of carbonyl (C=O) groups excluding carboxylic acids is 1. The Kier molecular flexibility index (Phi) is 5.41. The van der Waals surface area contributed by atoms with Crippen LogP contribution in [0.5, 0.6) is 0 Å². The first-order valence-corrected chi connectivity index (χ1v) is 6.59. The Hall–Kier alpha value is -1.10. The van der Waals surface area contributed by atoms with Crippen LogP contribution in [0.1, 0.15) is 42.7 Å². The topological polar surface area (TPSA) is 62.0 Å². The highest BCUT2D eigenvalue weighted by atomic mass is 79.9. The molecule has 0 spiro atoms. The number of hydrogen-bond acceptors (Lipinski definition) is 2. The first-order valence-electron chi connectivity index (χ1n) is 5.80. The highest BCUT2D eigenvalue weighted by molar-refractivity contribution is 9.10. The molecule has 0 aliphatic rings. The van der Waals surface area contributed by atoms with Gasteiger partial charge >= 0.3 is 0 Å². The van der Waals surface area contributed by atoms with Gasteiger partial charge in [-0.05, 0) is 34.8 Å². The molecule has 0 atom stereocenters. The molecule has 0 saturated carbocycles. The van der Waals surface area contributed by atoms with E-state index >= 15 is 0 Å². The third kappa shape index (κ3) is 3.70. The zero-order chi connectivity index (χ0) is 12.8. The molecule has 1 aromatic rings. The van der Waals surface area contributed by atoms with Gasteiger partial charge in [-0.3, -0.25) is 9.59 Å². The molecule has 0 bridgehead atoms. The number of unbranched alkanes of at least 4 members (excludes halogenated alkanes) is 1. The Morgan fingerprint density at radius 2 is 2.18 bits per heavy atom. The molecule has 2 N–H and O–H groups in total. The van der Waals surface area contributed by atoms with Crippen molar-refractivity contribution < 1.29 is 4.79 Å². The Morgan fingerprint density at radius 1 is 1.47 bits per heavy atom. The van der Waals surface area contributed by atoms with Gasteiger partial charge in [0.25, 0.3) is 11.5 Å². The van der Waals surface area contributed by atoms with Gasteiger partial charge in [-0.2, -0.15) is 0 Å². The van der Waals surface area contributed by atoms with E-state index < -0.39 is 0 Å². The third-order valence-corrected chi connectivity index (χ3v) is 3.19. The van der Waals surface area contributed by atoms with E-state index in [4.69, 9.17) is 0 Å². The minimum absolute atomic E-state index is 0.158. The third-order valence-electron chi connectivity index (χ3n) is 2.48. The summed E-state index contributed by atoms with van der Waals surface area (Å²) in [7, 11) is 0. The number of nitrogens with one attached hydrogen (secondary N) is 2. The molecule has 0 aliphatic heterocycles. The lowest BCUT2D eigenvalue weighted by atomic mass is 10.2. The maximum atomic E-state index is 11.7. The van der Waals surface area contributed by atoms with Crippen molar-refractivity contribution in [2.24, 2.45) is 0 Å². The second kappa shape index (κ2) is 6.59. The van der Waals surface area contributed by atoms with Gasteiger partial charge in [0.2, 0.25) is 0 Å². The summed E-state index contributed by atoms with van der Waals surface area (Å²) in [6.07, 6.45) is 2.64. The number of aromatic nitrogens is 1. The monoisotopic (exact) mass is 300 g/mol. The molecule has 17 heavy (non-hydrogen) atoms. The molecular weight excluding hydrogens is 284 g/mol. The fourth-order valence-corrected chi connectivity index (χ4v) is 2.05. The number of carbonyl (C=O) groups is 1. The van der Waals surface area contributed by atoms with Crippen LogP contribution in [0.3, 0.4) is 0 Å². The predicted molar refractivity (Wildman–Crippen MR) is 71.4 cm³/mol. The molecule has 1 heterocycles. The molecule has 94 valence electrons. The largest absolute Gasteiger partial charge is 0.352 e. The molecule has 1 rings (SSSR count). The van der Waals surface area contributed by atoms with Crippen molar-refractivity contribution in [1.82, 2.24) is 10.3 Å². The quantitative estimate of drug-likeness (QED) is 0.819. The van der Waals surface area contributed by atoms with Crippen molar-refractivity contribution in [2.45, 2.75) is 33.1 Å². The Morgan fingerprint density at radius 3 is 2.76 bits per heavy atom. The van der Waals surface area contributed by atoms with Crippen molar-refractivity contribution in [3.05, 3.63) is 32.2 Å². The van der Waals surface area contributed by atoms with Crippen LogP contribution in [0.15, 0.2) is 15.3 Å². The van der Waals surface area contributed by atoms with E-state index in [-0.39, 0.29) is 17.0 Å². The summed E-state index contributed by atoms with van der Waals surface area (Å²) in [6.45, 7) is 4.59. The van der Waals surface area contributed by atoms with E-state index in [1.165, 1.54) is 0 Å². The molecule has 0 saturated heterocycles. The molecule has 0 radical (unpaired) electrons. The first kappa shape index (κ1) is 14.0. The van der Waals surface area contributed by atoms with Gasteiger partial charge in [-0.15, -0.1) is 0 Å². The van der Waals surface area contributed by atoms with Crippen LogP contribution in [0.4, 0.5) is 0 Å². The van der Waals surface area contributed by atoms with Crippen molar-refractivity contribution in [3.63, 3.8) is 0 Å². The summed E-state index contributed by atoms with van der Waals surface area (Å²) in [6, 6.07) is 1.58. The Bertz CT molecular complexity index is 454. The normalized spacial score (nSPS) is 10.3. The van der Waals surface area contributed by atoms with Crippen molar-refractivity contribution in [1.29, 1.82) is 0 Å². The van der Waals surface area contributed by atoms with Crippen LogP contribution in [0.2, 0.25) is 0 Å². The van der Waals surface area contributed by atoms with Crippen molar-refractivity contribution >= 4 is 21.8 Å². The fourth-order valence-electron chi connectivity index (χ4n) is 1.44. The van der Waals surface area contributed by atoms with E-state index in [0.29, 0.717) is 13.0 Å². The van der Waals surface area contributed by atoms with Gasteiger partial charge in [-0.25, -0.2) is 0 Å². The van der Waals surface area contributed by atoms with E-state index in [0.717, 1.165) is 23.0 Å². The van der Waals surface area contributed by atoms with E-state index in [2.05, 4.69) is 26.2 Å². The maximum Gasteiger partial charge on any atom is 0.261 e. The number of aromatic amines is 1. The van der Waals surface area contributed by atoms with Gasteiger partial charge < -0.3 is 10.3 Å². The fraction of sp³-hybridized carbons (Fsp3) is 0.500. The molecule has 0 aromatic carbocycles. The minimum Gasteiger partial charge on any atom is -0.352 e. The van der Waals surface area contributed by atoms with Crippen LogP contribution in [-0.2, 0) is 6.42 Å². The summed E-state index contributed by atoms with van der Waals surface area (Å²) < 4.78 is 0.764. The summed E-state index contributed by atoms with van der Waals surface area (Å²) in [4.78, 5) is 26.1. The Labute approximate surface area is 109 Å². The molecule has 0 unspecified atom stereocenters. The number of rotatable bonds is 5. The van der Waals surface area contributed by atoms with Crippen molar-refractivity contribution in [2.75, 3.05) is 6.54 Å². The average Bonchev–Trinajstić information content (AvgIpc) is 2.31. The lowest BCUT2D eigenvalue weighted by molar-refractivity contribution is 0.0951. The number of H-pyrrole nitrogens is 1. The SMILES string of the molecule is CCCCNC(=O)c1cc(Br)c(CC)[nH]c1=O. The van der Waals surface area contributed by atoms with Gasteiger partial charge in [0, 0.05) is 16.7 Å². The van der Waals surface area contributed by atoms with Gasteiger partial charge in [0.05, 0.1) is 0 Å². The molecule has 5 heteroatoms. The zero-order valence-corrected chi connectivity index (χ0v) is 11.7. The summed E-state index contributed by atoms with van der Waals surface area (Å²) >= 11 is 3.34. The van der Waals surface area contributed by atoms with Crippen LogP contribution >= 0.6 is 15.9 Å². The number of aryl methyl sites for hydroxylation is 1. The highest BCUT2D eigenvalue weighted by Crippen LogP contribution is 2.14. The predicted octanol–water partition coefficient (Wildman–Crippen LogP) is 2.23. The van der Waals surface area contributed by atoms with Crippen LogP contribution < -0.4 is 10.9 Å². The van der Waals surface area contributed by atoms with E-state index in [1.807, 2.05) is 13.8 Å². The van der Waals surface area contributed by atoms with Gasteiger partial charge in [-0.1, -0.05) is 20.3 Å². The molecule has 1 amide bonds. The summed E-state index contributed by atoms with van der Waals surface area (Å²) in [5, 5.41) is 2.73. The maximum absolute atomic E-state index is 11.7. The first-order chi connectivity index (χ1) is 8.10. The van der Waals surface area contributed by atoms with Gasteiger partial charge in [0.15, 0.2) is 0 Å². The number of pyridine rings is 1. The standard InChI is InChI=1S/C12H17BrN2O2/c1-3-5-6-14-11(16)8-7-9(13)10(4-2)15-12(8)17/h7H,3-6H2,1-2H3,(H,14,16)(H,15,17). The molecule has 0 fully saturated rings. The smallest absolute Gasteiger partial charge is 0.261 e. The second-order valence-corrected chi connectivity index (χ2v) is 4.66. The van der Waals surface area contributed by atoms with Crippen LogP contribution in [-0.4, -0.2) is 17.4 Å². The van der Waals surface area contributed by atoms with Crippen LogP contribution in [0.25, 0.3) is 0 Å². The molecule has 4 nitrogen and oxygen atoms in total. The minimum atomic E-state index is -0.334. The molecular formula is C12H17BrN2O2. The summed E-state index contributed by atoms with van der Waals surface area (Å²) in [5.41, 5.74) is 0.629.